The van der Waals surface area contributed by atoms with E-state index in [0.717, 1.165) is 5.56 Å². The van der Waals surface area contributed by atoms with Gasteiger partial charge in [0.2, 0.25) is 0 Å². The minimum Gasteiger partial charge on any atom is -0.497 e. The number of methoxy groups -OCH3 is 1. The fraction of sp³-hybridized carbons (Fsp3) is 0.200. The van der Waals surface area contributed by atoms with Crippen LogP contribution in [0.25, 0.3) is 0 Å². The van der Waals surface area contributed by atoms with E-state index >= 15 is 0 Å². The highest BCUT2D eigenvalue weighted by molar-refractivity contribution is 5.98. The van der Waals surface area contributed by atoms with Crippen LogP contribution in [-0.2, 0) is 13.7 Å². The summed E-state index contributed by atoms with van der Waals surface area (Å²) < 4.78 is 11.7. The summed E-state index contributed by atoms with van der Waals surface area (Å²) in [6, 6.07) is 6.98. The van der Waals surface area contributed by atoms with Crippen molar-refractivity contribution < 1.29 is 29.3 Å². The molecular weight excluding hydrogens is 290 g/mol. The molecule has 116 valence electrons. The van der Waals surface area contributed by atoms with Crippen LogP contribution in [0.2, 0.25) is 0 Å². The molecule has 0 radical (unpaired) electrons. The maximum absolute atomic E-state index is 11.3. The van der Waals surface area contributed by atoms with E-state index in [-0.39, 0.29) is 23.6 Å². The number of hydrogen-bond acceptors (Lipinski definition) is 4. The summed E-state index contributed by atoms with van der Waals surface area (Å²) in [4.78, 5) is 22.5. The van der Waals surface area contributed by atoms with E-state index in [9.17, 15) is 14.7 Å². The molecule has 0 bridgehead atoms. The lowest BCUT2D eigenvalue weighted by atomic mass is 10.2. The number of carboxylic acids is 2. The van der Waals surface area contributed by atoms with Gasteiger partial charge >= 0.3 is 11.9 Å². The molecule has 1 heterocycles. The molecule has 0 saturated carbocycles. The zero-order chi connectivity index (χ0) is 16.3. The Balaban J connectivity index is 2.27. The molecular formula is C15H15NO6. The van der Waals surface area contributed by atoms with Crippen molar-refractivity contribution >= 4 is 11.9 Å². The molecule has 0 aliphatic rings. The van der Waals surface area contributed by atoms with Crippen LogP contribution >= 0.6 is 0 Å². The summed E-state index contributed by atoms with van der Waals surface area (Å²) in [5, 5.41) is 18.3. The van der Waals surface area contributed by atoms with E-state index in [2.05, 4.69) is 0 Å². The number of benzene rings is 1. The van der Waals surface area contributed by atoms with Crippen molar-refractivity contribution in [2.75, 3.05) is 7.11 Å². The minimum absolute atomic E-state index is 0.0502. The van der Waals surface area contributed by atoms with Crippen molar-refractivity contribution in [3.8, 4) is 11.5 Å². The van der Waals surface area contributed by atoms with Crippen molar-refractivity contribution in [1.82, 2.24) is 4.57 Å². The molecule has 1 aromatic carbocycles. The molecule has 0 atom stereocenters. The Bertz CT molecular complexity index is 702. The maximum Gasteiger partial charge on any atom is 0.356 e. The number of carbonyl (C=O) groups is 2. The molecule has 2 aromatic rings. The molecule has 0 aliphatic carbocycles. The third-order valence-corrected chi connectivity index (χ3v) is 3.11. The number of aromatic nitrogens is 1. The van der Waals surface area contributed by atoms with Gasteiger partial charge in [0.25, 0.3) is 0 Å². The van der Waals surface area contributed by atoms with Gasteiger partial charge in [-0.1, -0.05) is 12.1 Å². The number of aromatic carboxylic acids is 2. The van der Waals surface area contributed by atoms with Gasteiger partial charge in [0.1, 0.15) is 17.9 Å². The van der Waals surface area contributed by atoms with E-state index in [1.165, 1.54) is 17.8 Å². The lowest BCUT2D eigenvalue weighted by molar-refractivity contribution is 0.0681. The van der Waals surface area contributed by atoms with Gasteiger partial charge in [-0.3, -0.25) is 0 Å². The topological polar surface area (TPSA) is 98.0 Å². The van der Waals surface area contributed by atoms with Gasteiger partial charge in [0.15, 0.2) is 11.4 Å². The van der Waals surface area contributed by atoms with Crippen LogP contribution in [-0.4, -0.2) is 33.8 Å². The Morgan fingerprint density at radius 3 is 2.27 bits per heavy atom. The molecule has 2 N–H and O–H groups in total. The number of ether oxygens (including phenoxy) is 2. The van der Waals surface area contributed by atoms with Gasteiger partial charge in [-0.25, -0.2) is 9.59 Å². The summed E-state index contributed by atoms with van der Waals surface area (Å²) in [5.41, 5.74) is 0.372. The summed E-state index contributed by atoms with van der Waals surface area (Å²) in [6.45, 7) is 0.0502. The first-order chi connectivity index (χ1) is 10.4. The number of hydrogen-bond donors (Lipinski definition) is 2. The first-order valence-corrected chi connectivity index (χ1v) is 6.35. The SMILES string of the molecule is COc1ccc(COc2c(C(=O)O)cn(C)c2C(=O)O)cc1. The predicted molar refractivity (Wildman–Crippen MR) is 76.7 cm³/mol. The van der Waals surface area contributed by atoms with Crippen molar-refractivity contribution in [3.05, 3.63) is 47.3 Å². The highest BCUT2D eigenvalue weighted by Crippen LogP contribution is 2.27. The Labute approximate surface area is 126 Å². The third-order valence-electron chi connectivity index (χ3n) is 3.11. The predicted octanol–water partition coefficient (Wildman–Crippen LogP) is 2.01. The van der Waals surface area contributed by atoms with Crippen molar-refractivity contribution in [2.45, 2.75) is 6.61 Å². The smallest absolute Gasteiger partial charge is 0.356 e. The van der Waals surface area contributed by atoms with Crippen LogP contribution in [0.4, 0.5) is 0 Å². The number of aryl methyl sites for hydroxylation is 1. The largest absolute Gasteiger partial charge is 0.497 e. The van der Waals surface area contributed by atoms with Crippen LogP contribution in [0, 0.1) is 0 Å². The van der Waals surface area contributed by atoms with Gasteiger partial charge in [0, 0.05) is 13.2 Å². The Kier molecular flexibility index (Phi) is 4.36. The lowest BCUT2D eigenvalue weighted by Gasteiger charge is -2.08. The first-order valence-electron chi connectivity index (χ1n) is 6.35. The van der Waals surface area contributed by atoms with Crippen LogP contribution in [0.1, 0.15) is 26.4 Å². The molecule has 22 heavy (non-hydrogen) atoms. The summed E-state index contributed by atoms with van der Waals surface area (Å²) in [6.07, 6.45) is 1.22. The van der Waals surface area contributed by atoms with Crippen LogP contribution < -0.4 is 9.47 Å². The molecule has 1 aromatic heterocycles. The highest BCUT2D eigenvalue weighted by Gasteiger charge is 2.25. The second-order valence-electron chi connectivity index (χ2n) is 4.58. The monoisotopic (exact) mass is 305 g/mol. The molecule has 7 heteroatoms. The third kappa shape index (κ3) is 3.03. The van der Waals surface area contributed by atoms with E-state index in [4.69, 9.17) is 14.6 Å². The molecule has 2 rings (SSSR count). The van der Waals surface area contributed by atoms with Crippen LogP contribution in [0.5, 0.6) is 11.5 Å². The van der Waals surface area contributed by atoms with Gasteiger partial charge in [-0.2, -0.15) is 0 Å². The standard InChI is InChI=1S/C15H15NO6/c1-16-7-11(14(17)18)13(12(16)15(19)20)22-8-9-3-5-10(21-2)6-4-9/h3-7H,8H2,1-2H3,(H,17,18)(H,19,20). The van der Waals surface area contributed by atoms with Gasteiger partial charge < -0.3 is 24.3 Å². The fourth-order valence-corrected chi connectivity index (χ4v) is 2.03. The Morgan fingerprint density at radius 1 is 1.14 bits per heavy atom. The van der Waals surface area contributed by atoms with E-state index in [0.29, 0.717) is 5.75 Å². The van der Waals surface area contributed by atoms with Gasteiger partial charge in [-0.05, 0) is 17.7 Å². The zero-order valence-corrected chi connectivity index (χ0v) is 12.1. The fourth-order valence-electron chi connectivity index (χ4n) is 2.03. The number of nitrogens with zero attached hydrogens (tertiary/aromatic N) is 1. The van der Waals surface area contributed by atoms with Gasteiger partial charge in [-0.15, -0.1) is 0 Å². The zero-order valence-electron chi connectivity index (χ0n) is 12.1. The molecule has 0 fully saturated rings. The normalized spacial score (nSPS) is 10.3. The van der Waals surface area contributed by atoms with E-state index in [1.54, 1.807) is 31.4 Å². The summed E-state index contributed by atoms with van der Waals surface area (Å²) in [7, 11) is 3.00. The molecule has 0 spiro atoms. The number of rotatable bonds is 6. The quantitative estimate of drug-likeness (QED) is 0.847. The summed E-state index contributed by atoms with van der Waals surface area (Å²) in [5.74, 6) is -1.97. The second kappa shape index (κ2) is 6.21. The van der Waals surface area contributed by atoms with Crippen LogP contribution in [0.15, 0.2) is 30.5 Å². The van der Waals surface area contributed by atoms with Crippen molar-refractivity contribution in [3.63, 3.8) is 0 Å². The maximum atomic E-state index is 11.3. The average molecular weight is 305 g/mol. The molecule has 0 saturated heterocycles. The first kappa shape index (κ1) is 15.4. The second-order valence-corrected chi connectivity index (χ2v) is 4.58. The molecule has 0 aliphatic heterocycles. The van der Waals surface area contributed by atoms with E-state index < -0.39 is 11.9 Å². The molecule has 7 nitrogen and oxygen atoms in total. The van der Waals surface area contributed by atoms with E-state index in [1.807, 2.05) is 0 Å². The van der Waals surface area contributed by atoms with Crippen molar-refractivity contribution in [2.24, 2.45) is 7.05 Å². The molecule has 0 unspecified atom stereocenters. The van der Waals surface area contributed by atoms with Gasteiger partial charge in [0.05, 0.1) is 7.11 Å². The van der Waals surface area contributed by atoms with Crippen molar-refractivity contribution in [1.29, 1.82) is 0 Å². The highest BCUT2D eigenvalue weighted by atomic mass is 16.5. The minimum atomic E-state index is -1.25. The molecule has 0 amide bonds. The Hall–Kier alpha value is -2.96. The van der Waals surface area contributed by atoms with Crippen LogP contribution in [0.3, 0.4) is 0 Å². The summed E-state index contributed by atoms with van der Waals surface area (Å²) >= 11 is 0. The number of carboxylic acid groups (broad SMARTS) is 2. The Morgan fingerprint density at radius 2 is 1.77 bits per heavy atom. The lowest BCUT2D eigenvalue weighted by Crippen LogP contribution is -2.08. The average Bonchev–Trinajstić information content (AvgIpc) is 2.82.